The molecular formula is C20H13Cl2N3O. The Hall–Kier alpha value is -2.82. The number of fused-ring (bicyclic) bond motifs is 1. The number of aromatic nitrogens is 2. The van der Waals surface area contributed by atoms with E-state index in [-0.39, 0.29) is 0 Å². The van der Waals surface area contributed by atoms with Crippen LogP contribution in [0.3, 0.4) is 0 Å². The van der Waals surface area contributed by atoms with E-state index in [0.717, 1.165) is 22.3 Å². The van der Waals surface area contributed by atoms with Gasteiger partial charge in [0, 0.05) is 26.9 Å². The molecule has 4 aromatic rings. The Labute approximate surface area is 159 Å². The van der Waals surface area contributed by atoms with Crippen LogP contribution in [0.4, 0.5) is 0 Å². The lowest BCUT2D eigenvalue weighted by Crippen LogP contribution is -2.10. The molecular weight excluding hydrogens is 369 g/mol. The molecule has 0 aliphatic carbocycles. The van der Waals surface area contributed by atoms with Crippen LogP contribution in [-0.4, -0.2) is 15.5 Å². The number of hydrogen-bond acceptors (Lipinski definition) is 2. The Morgan fingerprint density at radius 3 is 2.42 bits per heavy atom. The van der Waals surface area contributed by atoms with Crippen LogP contribution in [0.25, 0.3) is 27.8 Å². The number of benzene rings is 3. The Kier molecular flexibility index (Phi) is 4.15. The fourth-order valence-corrected chi connectivity index (χ4v) is 3.57. The molecule has 0 saturated heterocycles. The van der Waals surface area contributed by atoms with Crippen molar-refractivity contribution in [3.8, 4) is 16.8 Å². The van der Waals surface area contributed by atoms with Crippen molar-refractivity contribution in [3.63, 3.8) is 0 Å². The van der Waals surface area contributed by atoms with Crippen LogP contribution in [0, 0.1) is 0 Å². The first-order valence-electron chi connectivity index (χ1n) is 7.86. The maximum absolute atomic E-state index is 11.3. The van der Waals surface area contributed by atoms with Crippen molar-refractivity contribution >= 4 is 40.1 Å². The van der Waals surface area contributed by atoms with Gasteiger partial charge < -0.3 is 5.73 Å². The second-order valence-corrected chi connectivity index (χ2v) is 6.64. The van der Waals surface area contributed by atoms with E-state index in [1.807, 2.05) is 53.1 Å². The third-order valence-corrected chi connectivity index (χ3v) is 4.84. The van der Waals surface area contributed by atoms with Gasteiger partial charge in [-0.05, 0) is 48.0 Å². The summed E-state index contributed by atoms with van der Waals surface area (Å²) in [5.74, 6) is -0.475. The highest BCUT2D eigenvalue weighted by Gasteiger charge is 2.11. The average Bonchev–Trinajstić information content (AvgIpc) is 3.05. The summed E-state index contributed by atoms with van der Waals surface area (Å²) >= 11 is 12.7. The molecule has 0 fully saturated rings. The summed E-state index contributed by atoms with van der Waals surface area (Å²) in [7, 11) is 0. The summed E-state index contributed by atoms with van der Waals surface area (Å²) in [5.41, 5.74) is 9.95. The molecule has 0 aliphatic rings. The SMILES string of the molecule is NC(=O)c1ccc2c(c1)ncn2-c1cccc(-c2c(Cl)cccc2Cl)c1. The monoisotopic (exact) mass is 381 g/mol. The van der Waals surface area contributed by atoms with E-state index < -0.39 is 5.91 Å². The van der Waals surface area contributed by atoms with E-state index in [1.54, 1.807) is 18.5 Å². The minimum Gasteiger partial charge on any atom is -0.366 e. The van der Waals surface area contributed by atoms with E-state index >= 15 is 0 Å². The van der Waals surface area contributed by atoms with Crippen LogP contribution in [0.15, 0.2) is 67.0 Å². The Balaban J connectivity index is 1.85. The second kappa shape index (κ2) is 6.48. The number of carbonyl (C=O) groups is 1. The lowest BCUT2D eigenvalue weighted by molar-refractivity contribution is 0.100. The summed E-state index contributed by atoms with van der Waals surface area (Å²) in [6, 6.07) is 18.5. The lowest BCUT2D eigenvalue weighted by Gasteiger charge is -2.10. The van der Waals surface area contributed by atoms with Gasteiger partial charge in [0.2, 0.25) is 5.91 Å². The van der Waals surface area contributed by atoms with Crippen LogP contribution in [0.2, 0.25) is 10.0 Å². The predicted molar refractivity (Wildman–Crippen MR) is 105 cm³/mol. The van der Waals surface area contributed by atoms with Crippen LogP contribution < -0.4 is 5.73 Å². The van der Waals surface area contributed by atoms with Gasteiger partial charge in [0.05, 0.1) is 11.0 Å². The van der Waals surface area contributed by atoms with Crippen LogP contribution >= 0.6 is 23.2 Å². The third kappa shape index (κ3) is 2.83. The third-order valence-electron chi connectivity index (χ3n) is 4.21. The van der Waals surface area contributed by atoms with E-state index in [2.05, 4.69) is 4.98 Å². The van der Waals surface area contributed by atoms with Crippen LogP contribution in [-0.2, 0) is 0 Å². The summed E-state index contributed by atoms with van der Waals surface area (Å²) < 4.78 is 1.94. The van der Waals surface area contributed by atoms with Gasteiger partial charge in [-0.25, -0.2) is 4.98 Å². The Morgan fingerprint density at radius 2 is 1.69 bits per heavy atom. The molecule has 0 aliphatic heterocycles. The first kappa shape index (κ1) is 16.6. The van der Waals surface area contributed by atoms with Gasteiger partial charge in [-0.3, -0.25) is 9.36 Å². The molecule has 0 radical (unpaired) electrons. The molecule has 128 valence electrons. The molecule has 4 nitrogen and oxygen atoms in total. The predicted octanol–water partition coefficient (Wildman–Crippen LogP) is 5.10. The zero-order valence-electron chi connectivity index (χ0n) is 13.5. The first-order chi connectivity index (χ1) is 12.5. The van der Waals surface area contributed by atoms with Crippen molar-refractivity contribution in [1.82, 2.24) is 9.55 Å². The summed E-state index contributed by atoms with van der Waals surface area (Å²) in [6.07, 6.45) is 1.71. The van der Waals surface area contributed by atoms with Crippen LogP contribution in [0.1, 0.15) is 10.4 Å². The first-order valence-corrected chi connectivity index (χ1v) is 8.62. The number of halogens is 2. The van der Waals surface area contributed by atoms with Crippen molar-refractivity contribution in [1.29, 1.82) is 0 Å². The molecule has 0 saturated carbocycles. The normalized spacial score (nSPS) is 11.0. The maximum atomic E-state index is 11.3. The molecule has 1 amide bonds. The quantitative estimate of drug-likeness (QED) is 0.536. The fraction of sp³-hybridized carbons (Fsp3) is 0. The van der Waals surface area contributed by atoms with Gasteiger partial charge in [0.15, 0.2) is 0 Å². The summed E-state index contributed by atoms with van der Waals surface area (Å²) in [6.45, 7) is 0. The van der Waals surface area contributed by atoms with Crippen molar-refractivity contribution in [2.45, 2.75) is 0 Å². The minimum absolute atomic E-state index is 0.430. The molecule has 0 bridgehead atoms. The number of hydrogen-bond donors (Lipinski definition) is 1. The number of primary amides is 1. The fourth-order valence-electron chi connectivity index (χ4n) is 2.96. The molecule has 26 heavy (non-hydrogen) atoms. The Bertz CT molecular complexity index is 1130. The van der Waals surface area contributed by atoms with Crippen molar-refractivity contribution in [2.24, 2.45) is 5.73 Å². The summed E-state index contributed by atoms with van der Waals surface area (Å²) in [5, 5.41) is 1.19. The van der Waals surface area contributed by atoms with E-state index in [4.69, 9.17) is 28.9 Å². The molecule has 1 heterocycles. The highest BCUT2D eigenvalue weighted by molar-refractivity contribution is 6.39. The van der Waals surface area contributed by atoms with Gasteiger partial charge in [-0.2, -0.15) is 0 Å². The number of nitrogens with two attached hydrogens (primary N) is 1. The van der Waals surface area contributed by atoms with E-state index in [9.17, 15) is 4.79 Å². The summed E-state index contributed by atoms with van der Waals surface area (Å²) in [4.78, 5) is 15.7. The lowest BCUT2D eigenvalue weighted by atomic mass is 10.0. The number of rotatable bonds is 3. The number of amides is 1. The Morgan fingerprint density at radius 1 is 0.962 bits per heavy atom. The molecule has 6 heteroatoms. The average molecular weight is 382 g/mol. The van der Waals surface area contributed by atoms with Gasteiger partial charge in [0.25, 0.3) is 0 Å². The standard InChI is InChI=1S/C20H13Cl2N3O/c21-15-5-2-6-16(22)19(15)12-3-1-4-14(9-12)25-11-24-17-10-13(20(23)26)7-8-18(17)25/h1-11H,(H2,23,26). The van der Waals surface area contributed by atoms with E-state index in [1.165, 1.54) is 0 Å². The zero-order valence-corrected chi connectivity index (χ0v) is 15.0. The van der Waals surface area contributed by atoms with Gasteiger partial charge in [0.1, 0.15) is 6.33 Å². The molecule has 0 atom stereocenters. The largest absolute Gasteiger partial charge is 0.366 e. The number of imidazole rings is 1. The molecule has 0 unspecified atom stereocenters. The number of nitrogens with zero attached hydrogens (tertiary/aromatic N) is 2. The van der Waals surface area contributed by atoms with Gasteiger partial charge >= 0.3 is 0 Å². The van der Waals surface area contributed by atoms with Gasteiger partial charge in [-0.1, -0.05) is 41.4 Å². The van der Waals surface area contributed by atoms with Crippen molar-refractivity contribution in [2.75, 3.05) is 0 Å². The maximum Gasteiger partial charge on any atom is 0.248 e. The highest BCUT2D eigenvalue weighted by Crippen LogP contribution is 2.35. The second-order valence-electron chi connectivity index (χ2n) is 5.83. The number of carbonyl (C=O) groups excluding carboxylic acids is 1. The zero-order chi connectivity index (χ0) is 18.3. The van der Waals surface area contributed by atoms with Gasteiger partial charge in [-0.15, -0.1) is 0 Å². The minimum atomic E-state index is -0.475. The molecule has 2 N–H and O–H groups in total. The smallest absolute Gasteiger partial charge is 0.248 e. The van der Waals surface area contributed by atoms with Crippen LogP contribution in [0.5, 0.6) is 0 Å². The molecule has 3 aromatic carbocycles. The highest BCUT2D eigenvalue weighted by atomic mass is 35.5. The van der Waals surface area contributed by atoms with Crippen molar-refractivity contribution < 1.29 is 4.79 Å². The topological polar surface area (TPSA) is 60.9 Å². The van der Waals surface area contributed by atoms with E-state index in [0.29, 0.717) is 21.1 Å². The molecule has 4 rings (SSSR count). The van der Waals surface area contributed by atoms with Crippen molar-refractivity contribution in [3.05, 3.63) is 82.6 Å². The molecule has 0 spiro atoms. The molecule has 1 aromatic heterocycles.